The molecule has 0 aliphatic carbocycles. The van der Waals surface area contributed by atoms with Crippen LogP contribution in [0, 0.1) is 20.8 Å². The first kappa shape index (κ1) is 81.7. The van der Waals surface area contributed by atoms with Crippen molar-refractivity contribution in [3.8, 4) is 0 Å². The Labute approximate surface area is 515 Å². The first-order valence-electron chi connectivity index (χ1n) is 25.0. The van der Waals surface area contributed by atoms with E-state index in [4.69, 9.17) is 49.9 Å². The van der Waals surface area contributed by atoms with Gasteiger partial charge in [-0.15, -0.1) is 0 Å². The summed E-state index contributed by atoms with van der Waals surface area (Å²) in [4.78, 5) is 34.1. The minimum Gasteiger partial charge on any atom is -0.480 e. The molecule has 0 saturated carbocycles. The van der Waals surface area contributed by atoms with E-state index in [0.717, 1.165) is 44.9 Å². The lowest BCUT2D eigenvalue weighted by atomic mass is 10.1. The van der Waals surface area contributed by atoms with Crippen molar-refractivity contribution in [1.29, 1.82) is 0 Å². The molecule has 0 heterocycles. The number of hydrogen-bond acceptors (Lipinski definition) is 19. The molecule has 0 radical (unpaired) electrons. The summed E-state index contributed by atoms with van der Waals surface area (Å²) < 4.78 is 99.1. The summed E-state index contributed by atoms with van der Waals surface area (Å²) in [5.41, 5.74) is 21.0. The SMILES string of the molecule is C.Cc1ccc(S(=O)(=O)O)cc1.Cc1ccc(S(=O)(=O)O)cc1.Cc1ccc(S(=O)(=O)O)cc1.NC(Cc1ccccc1)C(=O)O.NC(Cc1ccccc1)C(=O)OCCSSCCOC(=O)C([NH3+])Cc1ccccc1.O.OCCSSCCO. The van der Waals surface area contributed by atoms with E-state index in [2.05, 4.69) is 5.73 Å². The van der Waals surface area contributed by atoms with E-state index in [1.165, 1.54) is 36.4 Å². The molecule has 85 heavy (non-hydrogen) atoms. The van der Waals surface area contributed by atoms with Gasteiger partial charge in [0.2, 0.25) is 0 Å². The van der Waals surface area contributed by atoms with Crippen LogP contribution in [0.15, 0.2) is 178 Å². The highest BCUT2D eigenvalue weighted by Gasteiger charge is 2.20. The van der Waals surface area contributed by atoms with Gasteiger partial charge >= 0.3 is 17.9 Å². The molecular weight excluding hydrogens is 1240 g/mol. The van der Waals surface area contributed by atoms with Gasteiger partial charge in [-0.3, -0.25) is 23.2 Å². The number of aliphatic carboxylic acids is 1. The van der Waals surface area contributed by atoms with Crippen LogP contribution in [0.2, 0.25) is 0 Å². The highest BCUT2D eigenvalue weighted by atomic mass is 33.1. The van der Waals surface area contributed by atoms with Crippen LogP contribution in [0.4, 0.5) is 0 Å². The lowest BCUT2D eigenvalue weighted by Crippen LogP contribution is -2.66. The van der Waals surface area contributed by atoms with Crippen molar-refractivity contribution in [1.82, 2.24) is 0 Å². The lowest BCUT2D eigenvalue weighted by Gasteiger charge is -2.11. The van der Waals surface area contributed by atoms with Crippen LogP contribution in [0.3, 0.4) is 0 Å². The molecule has 0 saturated heterocycles. The molecule has 3 unspecified atom stereocenters. The molecule has 0 amide bonds. The molecule has 0 bridgehead atoms. The molecule has 0 aliphatic rings. The molecule has 472 valence electrons. The Balaban J connectivity index is 0. The maximum absolute atomic E-state index is 12.0. The van der Waals surface area contributed by atoms with Crippen molar-refractivity contribution in [2.45, 2.75) is 80.3 Å². The molecule has 3 atom stereocenters. The van der Waals surface area contributed by atoms with Gasteiger partial charge in [-0.05, 0) is 86.7 Å². The lowest BCUT2D eigenvalue weighted by molar-refractivity contribution is -0.407. The third-order valence-electron chi connectivity index (χ3n) is 10.2. The fourth-order valence-electron chi connectivity index (χ4n) is 5.91. The molecule has 6 aromatic carbocycles. The number of benzene rings is 6. The first-order chi connectivity index (χ1) is 39.2. The molecule has 15 N–H and O–H groups in total. The van der Waals surface area contributed by atoms with E-state index < -0.39 is 60.4 Å². The smallest absolute Gasteiger partial charge is 0.365 e. The Bertz CT molecular complexity index is 2840. The Kier molecular flexibility index (Phi) is 44.1. The Hall–Kier alpha value is -5.38. The normalized spacial score (nSPS) is 11.6. The number of esters is 2. The number of hydrogen-bond donors (Lipinski definition) is 9. The predicted molar refractivity (Wildman–Crippen MR) is 340 cm³/mol. The van der Waals surface area contributed by atoms with Gasteiger partial charge in [0, 0.05) is 29.4 Å². The number of ether oxygens (including phenoxy) is 2. The molecule has 21 nitrogen and oxygen atoms in total. The van der Waals surface area contributed by atoms with Gasteiger partial charge in [-0.1, -0.05) is 195 Å². The van der Waals surface area contributed by atoms with Gasteiger partial charge in [0.15, 0.2) is 6.04 Å². The molecule has 6 rings (SSSR count). The number of rotatable bonds is 24. The van der Waals surface area contributed by atoms with Crippen LogP contribution in [-0.4, -0.2) is 145 Å². The number of carboxylic acid groups (broad SMARTS) is 1. The van der Waals surface area contributed by atoms with Gasteiger partial charge in [-0.2, -0.15) is 25.3 Å². The summed E-state index contributed by atoms with van der Waals surface area (Å²) in [6, 6.07) is 44.8. The maximum atomic E-state index is 12.0. The number of aliphatic hydroxyl groups is 2. The zero-order chi connectivity index (χ0) is 62.3. The van der Waals surface area contributed by atoms with Crippen molar-refractivity contribution < 1.29 is 89.3 Å². The molecule has 28 heteroatoms. The van der Waals surface area contributed by atoms with E-state index in [1.807, 2.05) is 112 Å². The minimum absolute atomic E-state index is 0. The second kappa shape index (κ2) is 45.9. The van der Waals surface area contributed by atoms with Crippen LogP contribution in [0.1, 0.15) is 40.8 Å². The summed E-state index contributed by atoms with van der Waals surface area (Å²) in [7, 11) is -5.75. The van der Waals surface area contributed by atoms with Crippen molar-refractivity contribution in [3.63, 3.8) is 0 Å². The minimum atomic E-state index is -4.02. The average Bonchev–Trinajstić information content (AvgIpc) is 3.54. The van der Waals surface area contributed by atoms with Crippen LogP contribution >= 0.6 is 43.2 Å². The number of aliphatic hydroxyl groups excluding tert-OH is 2. The second-order valence-corrected chi connectivity index (χ2v) is 26.9. The molecule has 0 aromatic heterocycles. The van der Waals surface area contributed by atoms with E-state index >= 15 is 0 Å². The summed E-state index contributed by atoms with van der Waals surface area (Å²) in [5.74, 6) is 1.18. The van der Waals surface area contributed by atoms with Crippen molar-refractivity contribution in [2.75, 3.05) is 49.4 Å². The summed E-state index contributed by atoms with van der Waals surface area (Å²) in [5, 5.41) is 25.1. The molecule has 0 aliphatic heterocycles. The van der Waals surface area contributed by atoms with Gasteiger partial charge in [0.25, 0.3) is 30.4 Å². The van der Waals surface area contributed by atoms with Crippen molar-refractivity contribution >= 4 is 91.4 Å². The molecule has 6 aromatic rings. The maximum Gasteiger partial charge on any atom is 0.365 e. The Morgan fingerprint density at radius 3 is 1.01 bits per heavy atom. The number of carbonyl (C=O) groups excluding carboxylic acids is 2. The van der Waals surface area contributed by atoms with E-state index in [1.54, 1.807) is 79.6 Å². The van der Waals surface area contributed by atoms with Crippen molar-refractivity contribution in [3.05, 3.63) is 197 Å². The van der Waals surface area contributed by atoms with Gasteiger partial charge in [0.1, 0.15) is 25.3 Å². The van der Waals surface area contributed by atoms with Gasteiger partial charge in [0.05, 0.1) is 27.9 Å². The third-order valence-corrected chi connectivity index (χ3v) is 17.5. The molecule has 0 fully saturated rings. The summed E-state index contributed by atoms with van der Waals surface area (Å²) in [6.07, 6.45) is 1.42. The molecule has 0 spiro atoms. The standard InChI is InChI=1S/C22H28N2O4S2.C9H11NO2.3C7H8O3S.C4H10O2S2.CH4.H2O/c23-19(15-17-7-3-1-4-8-17)21(25)27-11-13-29-30-14-12-28-22(26)20(24)16-18-9-5-2-6-10-18;10-8(9(11)12)6-7-4-2-1-3-5-7;3*1-6-2-4-7(5-3-6)11(8,9)10;5-1-3-7-8-4-2-6;;/h1-10,19-20H,11-16,23-24H2;1-5,8H,6,10H2,(H,11,12);3*2-5H,1H3,(H,8,9,10);5-6H,1-4H2;1H4;1H2/p+1. The Morgan fingerprint density at radius 2 is 0.729 bits per heavy atom. The zero-order valence-electron chi connectivity index (χ0n) is 46.5. The highest BCUT2D eigenvalue weighted by Crippen LogP contribution is 2.21. The summed E-state index contributed by atoms with van der Waals surface area (Å²) in [6.45, 7) is 6.61. The number of carboxylic acids is 1. The summed E-state index contributed by atoms with van der Waals surface area (Å²) >= 11 is 0. The van der Waals surface area contributed by atoms with Crippen molar-refractivity contribution in [2.24, 2.45) is 11.5 Å². The van der Waals surface area contributed by atoms with Crippen LogP contribution in [-0.2, 0) is 73.5 Å². The monoisotopic (exact) mass is 1320 g/mol. The Morgan fingerprint density at radius 1 is 0.459 bits per heavy atom. The number of aryl methyl sites for hydroxylation is 3. The number of quaternary nitrogens is 1. The van der Waals surface area contributed by atoms with Gasteiger partial charge in [-0.25, -0.2) is 4.79 Å². The number of nitrogens with two attached hydrogens (primary N) is 2. The fourth-order valence-corrected chi connectivity index (χ4v) is 10.5. The van der Waals surface area contributed by atoms with E-state index in [-0.39, 0.29) is 46.8 Å². The second-order valence-electron chi connectivity index (χ2n) is 17.3. The fraction of sp³-hybridized carbons (Fsp3) is 0.316. The van der Waals surface area contributed by atoms with E-state index in [9.17, 15) is 39.6 Å². The average molecular weight is 1320 g/mol. The topological polar surface area (TPSA) is 405 Å². The highest BCUT2D eigenvalue weighted by molar-refractivity contribution is 8.77. The van der Waals surface area contributed by atoms with E-state index in [0.29, 0.717) is 44.0 Å². The first-order valence-corrected chi connectivity index (χ1v) is 34.3. The van der Waals surface area contributed by atoms with Gasteiger partial charge < -0.3 is 47.5 Å². The third kappa shape index (κ3) is 40.6. The van der Waals surface area contributed by atoms with Crippen LogP contribution in [0.5, 0.6) is 0 Å². The van der Waals surface area contributed by atoms with Crippen LogP contribution < -0.4 is 17.2 Å². The number of carbonyl (C=O) groups is 3. The zero-order valence-corrected chi connectivity index (χ0v) is 52.2. The quantitative estimate of drug-likeness (QED) is 0.0137. The predicted octanol–water partition coefficient (Wildman–Crippen LogP) is 6.41. The largest absolute Gasteiger partial charge is 0.480 e. The molecular formula is C57H80N3O18S7+. The van der Waals surface area contributed by atoms with Crippen LogP contribution in [0.25, 0.3) is 0 Å².